The van der Waals surface area contributed by atoms with Crippen molar-refractivity contribution in [3.05, 3.63) is 66.0 Å². The Morgan fingerprint density at radius 1 is 1.21 bits per heavy atom. The molecular weight excluding hydrogens is 238 g/mol. The first-order chi connectivity index (χ1) is 9.29. The molecule has 3 aromatic rings. The van der Waals surface area contributed by atoms with Gasteiger partial charge in [0.25, 0.3) is 0 Å². The number of hydrogen-bond donors (Lipinski definition) is 1. The fourth-order valence-corrected chi connectivity index (χ4v) is 2.21. The number of fused-ring (bicyclic) bond motifs is 1. The molecule has 1 aromatic carbocycles. The van der Waals surface area contributed by atoms with Crippen LogP contribution in [0, 0.1) is 0 Å². The lowest BCUT2D eigenvalue weighted by Gasteiger charge is -2.12. The van der Waals surface area contributed by atoms with Gasteiger partial charge in [-0.05, 0) is 29.8 Å². The highest BCUT2D eigenvalue weighted by Gasteiger charge is 2.14. The molecule has 0 aliphatic heterocycles. The third-order valence-corrected chi connectivity index (χ3v) is 3.24. The molecule has 0 fully saturated rings. The van der Waals surface area contributed by atoms with Crippen molar-refractivity contribution in [3.8, 4) is 5.75 Å². The average Bonchev–Trinajstić information content (AvgIpc) is 2.90. The van der Waals surface area contributed by atoms with Crippen LogP contribution in [-0.2, 0) is 0 Å². The second-order valence-corrected chi connectivity index (χ2v) is 4.38. The molecule has 0 spiro atoms. The van der Waals surface area contributed by atoms with E-state index in [0.717, 1.165) is 22.4 Å². The van der Waals surface area contributed by atoms with Crippen LogP contribution >= 0.6 is 0 Å². The lowest BCUT2D eigenvalue weighted by Crippen LogP contribution is -2.11. The average molecular weight is 253 g/mol. The summed E-state index contributed by atoms with van der Waals surface area (Å²) in [6.07, 6.45) is 3.73. The lowest BCUT2D eigenvalue weighted by atomic mass is 10.0. The molecule has 4 nitrogen and oxygen atoms in total. The van der Waals surface area contributed by atoms with Gasteiger partial charge in [0.15, 0.2) is 0 Å². The summed E-state index contributed by atoms with van der Waals surface area (Å²) in [5.74, 6) is 0.810. The van der Waals surface area contributed by atoms with E-state index < -0.39 is 0 Å². The van der Waals surface area contributed by atoms with Gasteiger partial charge in [0.1, 0.15) is 5.75 Å². The number of rotatable bonds is 3. The lowest BCUT2D eigenvalue weighted by molar-refractivity contribution is 0.414. The number of nitrogens with two attached hydrogens (primary N) is 1. The largest absolute Gasteiger partial charge is 0.497 e. The molecule has 0 aliphatic carbocycles. The zero-order valence-corrected chi connectivity index (χ0v) is 10.7. The Morgan fingerprint density at radius 2 is 2.11 bits per heavy atom. The van der Waals surface area contributed by atoms with Crippen LogP contribution in [0.25, 0.3) is 5.52 Å². The minimum Gasteiger partial charge on any atom is -0.497 e. The Balaban J connectivity index is 2.05. The molecule has 0 saturated carbocycles. The van der Waals surface area contributed by atoms with Gasteiger partial charge >= 0.3 is 0 Å². The van der Waals surface area contributed by atoms with Crippen molar-refractivity contribution in [2.45, 2.75) is 6.04 Å². The molecule has 2 aromatic heterocycles. The van der Waals surface area contributed by atoms with Crippen LogP contribution in [0.2, 0.25) is 0 Å². The van der Waals surface area contributed by atoms with E-state index in [1.54, 1.807) is 7.11 Å². The smallest absolute Gasteiger partial charge is 0.119 e. The Bertz CT molecular complexity index is 705. The highest BCUT2D eigenvalue weighted by atomic mass is 16.5. The van der Waals surface area contributed by atoms with Crippen molar-refractivity contribution >= 4 is 5.52 Å². The molecule has 0 aliphatic rings. The Kier molecular flexibility index (Phi) is 2.93. The predicted molar refractivity (Wildman–Crippen MR) is 74.2 cm³/mol. The van der Waals surface area contributed by atoms with Gasteiger partial charge in [0.2, 0.25) is 0 Å². The maximum atomic E-state index is 6.34. The van der Waals surface area contributed by atoms with Crippen molar-refractivity contribution in [2.75, 3.05) is 7.11 Å². The zero-order chi connectivity index (χ0) is 13.2. The van der Waals surface area contributed by atoms with Gasteiger partial charge in [-0.25, -0.2) is 4.52 Å². The number of benzene rings is 1. The molecular formula is C15H15N3O. The predicted octanol–water partition coefficient (Wildman–Crippen LogP) is 2.39. The second-order valence-electron chi connectivity index (χ2n) is 4.38. The molecule has 2 N–H and O–H groups in total. The maximum absolute atomic E-state index is 6.34. The standard InChI is InChI=1S/C15H15N3O/c1-19-12-6-4-5-11(9-12)15(16)13-10-17-18-8-3-2-7-14(13)18/h2-10,15H,16H2,1H3. The molecule has 19 heavy (non-hydrogen) atoms. The SMILES string of the molecule is COc1cccc(C(N)c2cnn3ccccc23)c1. The molecule has 2 heterocycles. The number of hydrogen-bond acceptors (Lipinski definition) is 3. The first-order valence-corrected chi connectivity index (χ1v) is 6.11. The molecule has 1 atom stereocenters. The van der Waals surface area contributed by atoms with E-state index in [-0.39, 0.29) is 6.04 Å². The summed E-state index contributed by atoms with van der Waals surface area (Å²) >= 11 is 0. The van der Waals surface area contributed by atoms with Crippen LogP contribution in [0.5, 0.6) is 5.75 Å². The van der Waals surface area contributed by atoms with Crippen LogP contribution in [0.15, 0.2) is 54.9 Å². The van der Waals surface area contributed by atoms with Gasteiger partial charge in [0.05, 0.1) is 24.9 Å². The fourth-order valence-electron chi connectivity index (χ4n) is 2.21. The summed E-state index contributed by atoms with van der Waals surface area (Å²) in [6, 6.07) is 13.5. The van der Waals surface area contributed by atoms with Gasteiger partial charge in [-0.3, -0.25) is 0 Å². The molecule has 0 amide bonds. The van der Waals surface area contributed by atoms with Crippen molar-refractivity contribution in [1.29, 1.82) is 0 Å². The highest BCUT2D eigenvalue weighted by Crippen LogP contribution is 2.25. The highest BCUT2D eigenvalue weighted by molar-refractivity contribution is 5.57. The summed E-state index contributed by atoms with van der Waals surface area (Å²) < 4.78 is 7.06. The van der Waals surface area contributed by atoms with Crippen LogP contribution < -0.4 is 10.5 Å². The molecule has 4 heteroatoms. The van der Waals surface area contributed by atoms with E-state index in [4.69, 9.17) is 10.5 Å². The molecule has 0 bridgehead atoms. The van der Waals surface area contributed by atoms with E-state index in [1.165, 1.54) is 0 Å². The van der Waals surface area contributed by atoms with E-state index in [1.807, 2.05) is 59.4 Å². The van der Waals surface area contributed by atoms with Gasteiger partial charge in [-0.2, -0.15) is 5.10 Å². The topological polar surface area (TPSA) is 52.5 Å². The molecule has 3 rings (SSSR count). The summed E-state index contributed by atoms with van der Waals surface area (Å²) in [7, 11) is 1.65. The van der Waals surface area contributed by atoms with E-state index in [9.17, 15) is 0 Å². The van der Waals surface area contributed by atoms with Crippen molar-refractivity contribution < 1.29 is 4.74 Å². The van der Waals surface area contributed by atoms with Gasteiger partial charge in [-0.1, -0.05) is 18.2 Å². The first kappa shape index (κ1) is 11.7. The number of ether oxygens (including phenoxy) is 1. The second kappa shape index (κ2) is 4.74. The maximum Gasteiger partial charge on any atom is 0.119 e. The summed E-state index contributed by atoms with van der Waals surface area (Å²) in [6.45, 7) is 0. The Hall–Kier alpha value is -2.33. The normalized spacial score (nSPS) is 12.5. The third kappa shape index (κ3) is 2.06. The van der Waals surface area contributed by atoms with E-state index in [0.29, 0.717) is 0 Å². The number of methoxy groups -OCH3 is 1. The van der Waals surface area contributed by atoms with Crippen molar-refractivity contribution in [1.82, 2.24) is 9.61 Å². The Morgan fingerprint density at radius 3 is 2.95 bits per heavy atom. The third-order valence-electron chi connectivity index (χ3n) is 3.24. The quantitative estimate of drug-likeness (QED) is 0.779. The number of aromatic nitrogens is 2. The zero-order valence-electron chi connectivity index (χ0n) is 10.7. The molecule has 96 valence electrons. The van der Waals surface area contributed by atoms with Gasteiger partial charge in [0, 0.05) is 11.8 Å². The van der Waals surface area contributed by atoms with Crippen LogP contribution in [0.3, 0.4) is 0 Å². The van der Waals surface area contributed by atoms with Gasteiger partial charge in [-0.15, -0.1) is 0 Å². The monoisotopic (exact) mass is 253 g/mol. The summed E-state index contributed by atoms with van der Waals surface area (Å²) in [5.41, 5.74) is 9.39. The van der Waals surface area contributed by atoms with Crippen molar-refractivity contribution in [2.24, 2.45) is 5.73 Å². The molecule has 0 radical (unpaired) electrons. The van der Waals surface area contributed by atoms with E-state index >= 15 is 0 Å². The molecule has 0 saturated heterocycles. The van der Waals surface area contributed by atoms with Crippen LogP contribution in [-0.4, -0.2) is 16.7 Å². The number of nitrogens with zero attached hydrogens (tertiary/aromatic N) is 2. The summed E-state index contributed by atoms with van der Waals surface area (Å²) in [4.78, 5) is 0. The Labute approximate surface area is 111 Å². The van der Waals surface area contributed by atoms with Crippen LogP contribution in [0.4, 0.5) is 0 Å². The number of pyridine rings is 1. The van der Waals surface area contributed by atoms with Crippen molar-refractivity contribution in [3.63, 3.8) is 0 Å². The summed E-state index contributed by atoms with van der Waals surface area (Å²) in [5, 5.41) is 4.31. The fraction of sp³-hybridized carbons (Fsp3) is 0.133. The minimum atomic E-state index is -0.213. The first-order valence-electron chi connectivity index (χ1n) is 6.11. The molecule has 1 unspecified atom stereocenters. The minimum absolute atomic E-state index is 0.213. The van der Waals surface area contributed by atoms with E-state index in [2.05, 4.69) is 5.10 Å². The van der Waals surface area contributed by atoms with Crippen LogP contribution in [0.1, 0.15) is 17.2 Å². The van der Waals surface area contributed by atoms with Gasteiger partial charge < -0.3 is 10.5 Å².